The molecule has 0 radical (unpaired) electrons. The molecular formula is C31H30Cl3FN2O5. The molecule has 1 heterocycles. The summed E-state index contributed by atoms with van der Waals surface area (Å²) in [6.45, 7) is 1.97. The number of hydrogen-bond acceptors (Lipinski definition) is 5. The fourth-order valence-corrected chi connectivity index (χ4v) is 5.19. The number of carbonyl (C=O) groups excluding carboxylic acids is 1. The van der Waals surface area contributed by atoms with Crippen molar-refractivity contribution in [3.8, 4) is 11.5 Å². The second-order valence-electron chi connectivity index (χ2n) is 9.66. The summed E-state index contributed by atoms with van der Waals surface area (Å²) in [5.74, 6) is 0.572. The first-order chi connectivity index (χ1) is 20.3. The van der Waals surface area contributed by atoms with Crippen molar-refractivity contribution in [2.24, 2.45) is 0 Å². The predicted molar refractivity (Wildman–Crippen MR) is 162 cm³/mol. The van der Waals surface area contributed by atoms with E-state index in [1.54, 1.807) is 6.07 Å². The first-order valence-corrected chi connectivity index (χ1v) is 14.5. The van der Waals surface area contributed by atoms with Gasteiger partial charge >= 0.3 is 0 Å². The van der Waals surface area contributed by atoms with Gasteiger partial charge in [-0.15, -0.1) is 0 Å². The van der Waals surface area contributed by atoms with Gasteiger partial charge in [0, 0.05) is 30.8 Å². The van der Waals surface area contributed by atoms with E-state index >= 15 is 0 Å². The van der Waals surface area contributed by atoms with Crippen LogP contribution in [0.1, 0.15) is 30.4 Å². The van der Waals surface area contributed by atoms with Crippen LogP contribution in [-0.4, -0.2) is 54.7 Å². The third-order valence-corrected chi connectivity index (χ3v) is 7.97. The van der Waals surface area contributed by atoms with Gasteiger partial charge in [0.1, 0.15) is 30.5 Å². The van der Waals surface area contributed by atoms with E-state index in [1.165, 1.54) is 18.2 Å². The van der Waals surface area contributed by atoms with Crippen molar-refractivity contribution in [2.75, 3.05) is 26.3 Å². The Kier molecular flexibility index (Phi) is 11.5. The highest BCUT2D eigenvalue weighted by molar-refractivity contribution is 6.42. The molecule has 1 fully saturated rings. The summed E-state index contributed by atoms with van der Waals surface area (Å²) >= 11 is 18.7. The molecule has 222 valence electrons. The van der Waals surface area contributed by atoms with Crippen molar-refractivity contribution in [3.63, 3.8) is 0 Å². The van der Waals surface area contributed by atoms with E-state index in [1.807, 2.05) is 41.3 Å². The van der Waals surface area contributed by atoms with E-state index in [-0.39, 0.29) is 37.4 Å². The Balaban J connectivity index is 0.00000129. The molecule has 0 unspecified atom stereocenters. The van der Waals surface area contributed by atoms with Crippen LogP contribution in [0.4, 0.5) is 4.39 Å². The zero-order chi connectivity index (χ0) is 30.1. The minimum absolute atomic E-state index is 0.0317. The summed E-state index contributed by atoms with van der Waals surface area (Å²) in [6, 6.07) is 17.4. The number of carbonyl (C=O) groups is 2. The number of nitrogens with one attached hydrogen (secondary N) is 1. The number of rotatable bonds is 10. The second-order valence-corrected chi connectivity index (χ2v) is 10.9. The normalized spacial score (nSPS) is 14.5. The van der Waals surface area contributed by atoms with Crippen LogP contribution in [-0.2, 0) is 16.1 Å². The van der Waals surface area contributed by atoms with Crippen molar-refractivity contribution in [3.05, 3.63) is 98.2 Å². The van der Waals surface area contributed by atoms with Crippen molar-refractivity contribution in [1.82, 2.24) is 10.2 Å². The molecule has 0 bridgehead atoms. The Labute approximate surface area is 258 Å². The number of benzene rings is 3. The molecule has 1 amide bonds. The third-order valence-electron chi connectivity index (χ3n) is 6.80. The van der Waals surface area contributed by atoms with Crippen LogP contribution in [0.5, 0.6) is 11.5 Å². The Hall–Kier alpha value is -3.30. The fraction of sp³-hybridized carbons (Fsp3) is 0.290. The minimum Gasteiger partial charge on any atom is -0.490 e. The molecule has 11 heteroatoms. The molecule has 3 aromatic carbocycles. The van der Waals surface area contributed by atoms with Crippen LogP contribution in [0.25, 0.3) is 5.57 Å². The molecule has 0 spiro atoms. The summed E-state index contributed by atoms with van der Waals surface area (Å²) in [5, 5.41) is 11.6. The van der Waals surface area contributed by atoms with E-state index in [2.05, 4.69) is 5.32 Å². The standard InChI is InChI=1S/C30H28Cl3FN2O3.CH2O2/c31-26-11-6-21(34)16-28(26)39-15-14-38-23-9-4-19(5-10-23)24-12-13-35-17-25(24)30(37)36(22-7-8-22)18-20-2-1-3-27(32)29(20)33;2-1-3/h1-6,9-11,16,22,35H,7-8,12-15,17-18H2;1H,(H,2,3). The highest BCUT2D eigenvalue weighted by Gasteiger charge is 2.35. The molecule has 2 aliphatic rings. The topological polar surface area (TPSA) is 88.1 Å². The van der Waals surface area contributed by atoms with Gasteiger partial charge in [-0.1, -0.05) is 59.1 Å². The number of ether oxygens (including phenoxy) is 2. The molecule has 0 saturated heterocycles. The van der Waals surface area contributed by atoms with Crippen molar-refractivity contribution in [1.29, 1.82) is 0 Å². The Bertz CT molecular complexity index is 1430. The van der Waals surface area contributed by atoms with Gasteiger partial charge in [0.15, 0.2) is 0 Å². The summed E-state index contributed by atoms with van der Waals surface area (Å²) < 4.78 is 24.7. The molecule has 2 N–H and O–H groups in total. The predicted octanol–water partition coefficient (Wildman–Crippen LogP) is 6.88. The summed E-state index contributed by atoms with van der Waals surface area (Å²) in [5.41, 5.74) is 3.66. The minimum atomic E-state index is -0.413. The maximum absolute atomic E-state index is 13.8. The smallest absolute Gasteiger partial charge is 0.290 e. The number of hydrogen-bond donors (Lipinski definition) is 2. The monoisotopic (exact) mass is 634 g/mol. The van der Waals surface area contributed by atoms with Crippen LogP contribution in [0, 0.1) is 5.82 Å². The molecule has 3 aromatic rings. The molecule has 1 saturated carbocycles. The number of amides is 1. The first-order valence-electron chi connectivity index (χ1n) is 13.4. The van der Waals surface area contributed by atoms with Gasteiger partial charge in [0.05, 0.1) is 15.1 Å². The lowest BCUT2D eigenvalue weighted by atomic mass is 9.93. The highest BCUT2D eigenvalue weighted by Crippen LogP contribution is 2.35. The van der Waals surface area contributed by atoms with Gasteiger partial charge in [-0.25, -0.2) is 4.39 Å². The van der Waals surface area contributed by atoms with Crippen LogP contribution >= 0.6 is 34.8 Å². The largest absolute Gasteiger partial charge is 0.490 e. The van der Waals surface area contributed by atoms with Gasteiger partial charge in [-0.3, -0.25) is 9.59 Å². The molecule has 0 aromatic heterocycles. The maximum Gasteiger partial charge on any atom is 0.290 e. The van der Waals surface area contributed by atoms with Gasteiger partial charge in [-0.05, 0) is 72.8 Å². The molecule has 42 heavy (non-hydrogen) atoms. The lowest BCUT2D eigenvalue weighted by Gasteiger charge is -2.28. The van der Waals surface area contributed by atoms with E-state index in [0.29, 0.717) is 33.9 Å². The first kappa shape index (κ1) is 31.6. The Morgan fingerprint density at radius 3 is 2.45 bits per heavy atom. The zero-order valence-electron chi connectivity index (χ0n) is 22.6. The van der Waals surface area contributed by atoms with Gasteiger partial charge < -0.3 is 24.8 Å². The van der Waals surface area contributed by atoms with Crippen molar-refractivity contribution >= 4 is 52.8 Å². The van der Waals surface area contributed by atoms with Crippen molar-refractivity contribution < 1.29 is 28.6 Å². The van der Waals surface area contributed by atoms with Crippen LogP contribution in [0.15, 0.2) is 66.2 Å². The third kappa shape index (κ3) is 8.38. The Morgan fingerprint density at radius 1 is 1.02 bits per heavy atom. The average Bonchev–Trinajstić information content (AvgIpc) is 3.84. The average molecular weight is 636 g/mol. The molecule has 5 rings (SSSR count). The molecule has 7 nitrogen and oxygen atoms in total. The van der Waals surface area contributed by atoms with E-state index in [0.717, 1.165) is 48.1 Å². The fourth-order valence-electron chi connectivity index (χ4n) is 4.64. The highest BCUT2D eigenvalue weighted by atomic mass is 35.5. The zero-order valence-corrected chi connectivity index (χ0v) is 24.9. The van der Waals surface area contributed by atoms with Gasteiger partial charge in [-0.2, -0.15) is 0 Å². The summed E-state index contributed by atoms with van der Waals surface area (Å²) in [7, 11) is 0. The lowest BCUT2D eigenvalue weighted by molar-refractivity contribution is -0.128. The number of carboxylic acid groups (broad SMARTS) is 1. The van der Waals surface area contributed by atoms with Gasteiger partial charge in [0.2, 0.25) is 0 Å². The number of nitrogens with zero attached hydrogens (tertiary/aromatic N) is 1. The summed E-state index contributed by atoms with van der Waals surface area (Å²) in [6.07, 6.45) is 2.72. The lowest BCUT2D eigenvalue weighted by Crippen LogP contribution is -2.39. The van der Waals surface area contributed by atoms with Crippen LogP contribution < -0.4 is 14.8 Å². The molecular weight excluding hydrogens is 606 g/mol. The Morgan fingerprint density at radius 2 is 1.74 bits per heavy atom. The van der Waals surface area contributed by atoms with Gasteiger partial charge in [0.25, 0.3) is 12.4 Å². The second kappa shape index (κ2) is 15.3. The van der Waals surface area contributed by atoms with Crippen LogP contribution in [0.2, 0.25) is 15.1 Å². The molecule has 1 aliphatic carbocycles. The van der Waals surface area contributed by atoms with Crippen LogP contribution in [0.3, 0.4) is 0 Å². The van der Waals surface area contributed by atoms with E-state index in [4.69, 9.17) is 54.2 Å². The number of halogens is 4. The SMILES string of the molecule is O=C(C1=C(c2ccc(OCCOc3cc(F)ccc3Cl)cc2)CCNC1)N(Cc1cccc(Cl)c1Cl)C1CC1.O=CO. The summed E-state index contributed by atoms with van der Waals surface area (Å²) in [4.78, 5) is 24.1. The van der Waals surface area contributed by atoms with Crippen molar-refractivity contribution in [2.45, 2.75) is 31.8 Å². The van der Waals surface area contributed by atoms with E-state index in [9.17, 15) is 9.18 Å². The van der Waals surface area contributed by atoms with E-state index < -0.39 is 5.82 Å². The molecule has 1 aliphatic heterocycles. The molecule has 0 atom stereocenters. The maximum atomic E-state index is 13.8. The quantitative estimate of drug-likeness (QED) is 0.187.